The normalized spacial score (nSPS) is 33.9. The molecule has 2 fully saturated rings. The molecule has 2 saturated carbocycles. The highest BCUT2D eigenvalue weighted by molar-refractivity contribution is 4.77. The van der Waals surface area contributed by atoms with Crippen LogP contribution in [-0.4, -0.2) is 0 Å². The van der Waals surface area contributed by atoms with Gasteiger partial charge in [-0.1, -0.05) is 129 Å². The van der Waals surface area contributed by atoms with Crippen molar-refractivity contribution >= 4 is 0 Å². The lowest BCUT2D eigenvalue weighted by Gasteiger charge is -2.33. The topological polar surface area (TPSA) is 0 Å². The maximum Gasteiger partial charge on any atom is -0.0386 e. The Morgan fingerprint density at radius 3 is 1.69 bits per heavy atom. The van der Waals surface area contributed by atoms with Crippen LogP contribution in [0.2, 0.25) is 0 Å². The van der Waals surface area contributed by atoms with Gasteiger partial charge in [-0.3, -0.25) is 0 Å². The molecule has 0 saturated heterocycles. The molecule has 0 heterocycles. The van der Waals surface area contributed by atoms with Crippen molar-refractivity contribution in [2.45, 2.75) is 142 Å². The fraction of sp³-hybridized carbons (Fsp3) is 1.00. The minimum absolute atomic E-state index is 1.01. The van der Waals surface area contributed by atoms with Crippen molar-refractivity contribution in [3.8, 4) is 0 Å². The van der Waals surface area contributed by atoms with Crippen LogP contribution in [0.25, 0.3) is 0 Å². The largest absolute Gasteiger partial charge is 0.0654 e. The Labute approximate surface area is 166 Å². The third-order valence-corrected chi connectivity index (χ3v) is 7.82. The van der Waals surface area contributed by atoms with Crippen LogP contribution in [0.5, 0.6) is 0 Å². The zero-order valence-corrected chi connectivity index (χ0v) is 18.5. The Morgan fingerprint density at radius 1 is 0.538 bits per heavy atom. The summed E-state index contributed by atoms with van der Waals surface area (Å²) in [6.07, 6.45) is 30.3. The molecule has 0 amide bonds. The molecule has 26 heavy (non-hydrogen) atoms. The van der Waals surface area contributed by atoms with Crippen molar-refractivity contribution in [1.82, 2.24) is 0 Å². The minimum Gasteiger partial charge on any atom is -0.0654 e. The summed E-state index contributed by atoms with van der Waals surface area (Å²) in [6, 6.07) is 0. The molecule has 0 aromatic carbocycles. The van der Waals surface area contributed by atoms with Gasteiger partial charge in [0.1, 0.15) is 0 Å². The number of unbranched alkanes of at least 4 members (excludes halogenated alkanes) is 1. The Kier molecular flexibility index (Phi) is 12.1. The molecular weight excluding hydrogens is 312 g/mol. The molecule has 2 aliphatic carbocycles. The molecule has 0 bridgehead atoms. The van der Waals surface area contributed by atoms with E-state index < -0.39 is 0 Å². The second-order valence-corrected chi connectivity index (χ2v) is 10.1. The Bertz CT molecular complexity index is 312. The molecule has 2 unspecified atom stereocenters. The van der Waals surface area contributed by atoms with Crippen molar-refractivity contribution in [2.24, 2.45) is 23.7 Å². The molecule has 0 heteroatoms. The van der Waals surface area contributed by atoms with E-state index in [4.69, 9.17) is 0 Å². The lowest BCUT2D eigenvalue weighted by molar-refractivity contribution is 0.184. The van der Waals surface area contributed by atoms with E-state index in [0.717, 1.165) is 23.7 Å². The second kappa shape index (κ2) is 14.1. The van der Waals surface area contributed by atoms with Gasteiger partial charge in [-0.05, 0) is 36.5 Å². The number of rotatable bonds is 4. The van der Waals surface area contributed by atoms with Crippen LogP contribution in [0.15, 0.2) is 0 Å². The zero-order chi connectivity index (χ0) is 18.5. The molecule has 154 valence electrons. The summed E-state index contributed by atoms with van der Waals surface area (Å²) in [5.74, 6) is 4.20. The van der Waals surface area contributed by atoms with Crippen LogP contribution in [-0.2, 0) is 0 Å². The third-order valence-electron chi connectivity index (χ3n) is 7.82. The first kappa shape index (κ1) is 22.3. The molecule has 0 nitrogen and oxygen atoms in total. The van der Waals surface area contributed by atoms with Gasteiger partial charge in [-0.2, -0.15) is 0 Å². The van der Waals surface area contributed by atoms with E-state index in [0.29, 0.717) is 0 Å². The molecule has 0 N–H and O–H groups in total. The molecule has 0 spiro atoms. The average Bonchev–Trinajstić information content (AvgIpc) is 2.66. The van der Waals surface area contributed by atoms with E-state index in [1.165, 1.54) is 96.3 Å². The first-order valence-electron chi connectivity index (χ1n) is 12.8. The smallest absolute Gasteiger partial charge is 0.0386 e. The highest BCUT2D eigenvalue weighted by Gasteiger charge is 2.25. The first-order valence-corrected chi connectivity index (χ1v) is 12.8. The van der Waals surface area contributed by atoms with Gasteiger partial charge in [0.25, 0.3) is 0 Å². The Balaban J connectivity index is 1.84. The predicted octanol–water partition coefficient (Wildman–Crippen LogP) is 9.32. The van der Waals surface area contributed by atoms with Gasteiger partial charge in [0.2, 0.25) is 0 Å². The van der Waals surface area contributed by atoms with Gasteiger partial charge in [-0.25, -0.2) is 0 Å². The molecule has 2 aliphatic rings. The van der Waals surface area contributed by atoms with Crippen molar-refractivity contribution in [3.05, 3.63) is 0 Å². The third kappa shape index (κ3) is 9.27. The quantitative estimate of drug-likeness (QED) is 0.467. The van der Waals surface area contributed by atoms with Gasteiger partial charge in [-0.15, -0.1) is 0 Å². The monoisotopic (exact) mass is 362 g/mol. The van der Waals surface area contributed by atoms with E-state index in [1.807, 2.05) is 0 Å². The lowest BCUT2D eigenvalue weighted by atomic mass is 9.73. The highest BCUT2D eigenvalue weighted by Crippen LogP contribution is 2.38. The van der Waals surface area contributed by atoms with E-state index in [9.17, 15) is 0 Å². The highest BCUT2D eigenvalue weighted by atomic mass is 14.3. The Hall–Kier alpha value is 0. The molecular formula is C26H50. The number of hydrogen-bond acceptors (Lipinski definition) is 0. The maximum atomic E-state index is 2.48. The molecule has 0 aromatic heterocycles. The van der Waals surface area contributed by atoms with Crippen LogP contribution >= 0.6 is 0 Å². The fourth-order valence-corrected chi connectivity index (χ4v) is 5.87. The van der Waals surface area contributed by atoms with Gasteiger partial charge < -0.3 is 0 Å². The van der Waals surface area contributed by atoms with Crippen LogP contribution in [0.3, 0.4) is 0 Å². The average molecular weight is 363 g/mol. The first-order chi connectivity index (χ1) is 12.8. The summed E-state index contributed by atoms with van der Waals surface area (Å²) in [7, 11) is 0. The summed E-state index contributed by atoms with van der Waals surface area (Å²) in [6.45, 7) is 4.84. The van der Waals surface area contributed by atoms with Gasteiger partial charge in [0.05, 0.1) is 0 Å². The molecule has 0 aromatic rings. The molecule has 0 aliphatic heterocycles. The number of hydrogen-bond donors (Lipinski definition) is 0. The van der Waals surface area contributed by atoms with Crippen LogP contribution in [0.1, 0.15) is 142 Å². The standard InChI is InChI=1S/C26H50/c1-3-4-14-24-15-11-9-7-5-6-8-10-12-17-25(18-13-16-24)26-21-19-23(2)20-22-26/h23-26H,3-22H2,1-2H3. The van der Waals surface area contributed by atoms with Gasteiger partial charge in [0.15, 0.2) is 0 Å². The lowest BCUT2D eigenvalue weighted by Crippen LogP contribution is -2.21. The van der Waals surface area contributed by atoms with Gasteiger partial charge >= 0.3 is 0 Å². The van der Waals surface area contributed by atoms with Crippen molar-refractivity contribution in [3.63, 3.8) is 0 Å². The van der Waals surface area contributed by atoms with Crippen LogP contribution < -0.4 is 0 Å². The van der Waals surface area contributed by atoms with Gasteiger partial charge in [0, 0.05) is 0 Å². The second-order valence-electron chi connectivity index (χ2n) is 10.1. The summed E-state index contributed by atoms with van der Waals surface area (Å²) in [5, 5.41) is 0. The molecule has 2 rings (SSSR count). The summed E-state index contributed by atoms with van der Waals surface area (Å²) in [5.41, 5.74) is 0. The predicted molar refractivity (Wildman–Crippen MR) is 118 cm³/mol. The molecule has 0 radical (unpaired) electrons. The Morgan fingerprint density at radius 2 is 1.04 bits per heavy atom. The summed E-state index contributed by atoms with van der Waals surface area (Å²) in [4.78, 5) is 0. The van der Waals surface area contributed by atoms with E-state index in [-0.39, 0.29) is 0 Å². The SMILES string of the molecule is CCCCC1CCCCCCCCCCC(C2CCC(C)CC2)CCC1. The molecule has 2 atom stereocenters. The summed E-state index contributed by atoms with van der Waals surface area (Å²) < 4.78 is 0. The van der Waals surface area contributed by atoms with Crippen molar-refractivity contribution < 1.29 is 0 Å². The van der Waals surface area contributed by atoms with Crippen LogP contribution in [0, 0.1) is 23.7 Å². The van der Waals surface area contributed by atoms with Crippen molar-refractivity contribution in [2.75, 3.05) is 0 Å². The fourth-order valence-electron chi connectivity index (χ4n) is 5.87. The van der Waals surface area contributed by atoms with E-state index in [1.54, 1.807) is 32.1 Å². The van der Waals surface area contributed by atoms with Crippen LogP contribution in [0.4, 0.5) is 0 Å². The maximum absolute atomic E-state index is 2.48. The zero-order valence-electron chi connectivity index (χ0n) is 18.5. The summed E-state index contributed by atoms with van der Waals surface area (Å²) >= 11 is 0. The minimum atomic E-state index is 1.01. The van der Waals surface area contributed by atoms with E-state index >= 15 is 0 Å². The van der Waals surface area contributed by atoms with E-state index in [2.05, 4.69) is 13.8 Å². The van der Waals surface area contributed by atoms with Crippen molar-refractivity contribution in [1.29, 1.82) is 0 Å².